The zero-order valence-electron chi connectivity index (χ0n) is 22.9. The topological polar surface area (TPSA) is 104 Å². The van der Waals surface area contributed by atoms with Crippen LogP contribution in [0.5, 0.6) is 0 Å². The zero-order chi connectivity index (χ0) is 28.5. The van der Waals surface area contributed by atoms with Gasteiger partial charge in [0, 0.05) is 31.1 Å². The third-order valence-electron chi connectivity index (χ3n) is 7.69. The molecule has 3 heterocycles. The Morgan fingerprint density at radius 2 is 1.71 bits per heavy atom. The summed E-state index contributed by atoms with van der Waals surface area (Å²) >= 11 is 1.31. The molecule has 0 unspecified atom stereocenters. The summed E-state index contributed by atoms with van der Waals surface area (Å²) < 4.78 is 12.7. The second-order valence-corrected chi connectivity index (χ2v) is 11.3. The minimum Gasteiger partial charge on any atom is -0.465 e. The molecular formula is C31H30N4O5S. The van der Waals surface area contributed by atoms with Crippen molar-refractivity contribution in [2.45, 2.75) is 31.7 Å². The molecule has 210 valence electrons. The van der Waals surface area contributed by atoms with Crippen molar-refractivity contribution in [2.24, 2.45) is 13.0 Å². The summed E-state index contributed by atoms with van der Waals surface area (Å²) in [7, 11) is 1.80. The molecule has 1 saturated heterocycles. The molecule has 1 amide bonds. The summed E-state index contributed by atoms with van der Waals surface area (Å²) in [5.41, 5.74) is 5.22. The van der Waals surface area contributed by atoms with E-state index in [1.807, 2.05) is 24.3 Å². The molecule has 1 aliphatic heterocycles. The Labute approximate surface area is 241 Å². The van der Waals surface area contributed by atoms with E-state index in [1.165, 1.54) is 22.5 Å². The summed E-state index contributed by atoms with van der Waals surface area (Å²) in [5.74, 6) is -1.17. The van der Waals surface area contributed by atoms with Crippen LogP contribution in [-0.4, -0.2) is 57.0 Å². The van der Waals surface area contributed by atoms with Crippen LogP contribution >= 0.6 is 11.3 Å². The van der Waals surface area contributed by atoms with Crippen molar-refractivity contribution in [1.29, 1.82) is 0 Å². The van der Waals surface area contributed by atoms with Crippen molar-refractivity contribution in [1.82, 2.24) is 19.4 Å². The molecule has 4 aromatic rings. The SMILES string of the molecule is CCOC(=O)c1csc([C@@H]2C[C@@H](CC(=O)OCC3c4ccccc4-c4ccccc43)CN2C(=O)c2cn(C)cn2)n1. The Bertz CT molecular complexity index is 1570. The number of hydrogen-bond donors (Lipinski definition) is 0. The average molecular weight is 571 g/mol. The van der Waals surface area contributed by atoms with Crippen molar-refractivity contribution >= 4 is 29.2 Å². The highest BCUT2D eigenvalue weighted by Gasteiger charge is 2.40. The monoisotopic (exact) mass is 570 g/mol. The van der Waals surface area contributed by atoms with Gasteiger partial charge in [0.1, 0.15) is 17.3 Å². The van der Waals surface area contributed by atoms with Crippen LogP contribution in [0.2, 0.25) is 0 Å². The maximum atomic E-state index is 13.5. The molecule has 0 bridgehead atoms. The minimum absolute atomic E-state index is 0.0125. The van der Waals surface area contributed by atoms with Crippen LogP contribution in [-0.2, 0) is 21.3 Å². The van der Waals surface area contributed by atoms with E-state index < -0.39 is 5.97 Å². The van der Waals surface area contributed by atoms with Gasteiger partial charge in [0.25, 0.3) is 5.91 Å². The fourth-order valence-electron chi connectivity index (χ4n) is 5.85. The van der Waals surface area contributed by atoms with Crippen LogP contribution < -0.4 is 0 Å². The largest absolute Gasteiger partial charge is 0.465 e. The van der Waals surface area contributed by atoms with Crippen LogP contribution in [0.15, 0.2) is 66.4 Å². The number of benzene rings is 2. The van der Waals surface area contributed by atoms with E-state index >= 15 is 0 Å². The van der Waals surface area contributed by atoms with Gasteiger partial charge in [-0.15, -0.1) is 11.3 Å². The van der Waals surface area contributed by atoms with Gasteiger partial charge in [0.2, 0.25) is 0 Å². The minimum atomic E-state index is -0.495. The number of thiazole rings is 1. The maximum Gasteiger partial charge on any atom is 0.357 e. The number of rotatable bonds is 8. The number of carbonyl (C=O) groups excluding carboxylic acids is 3. The molecule has 2 aromatic heterocycles. The number of likely N-dealkylation sites (tertiary alicyclic amines) is 1. The van der Waals surface area contributed by atoms with Gasteiger partial charge in [-0.1, -0.05) is 48.5 Å². The molecule has 6 rings (SSSR count). The fraction of sp³-hybridized carbons (Fsp3) is 0.323. The lowest BCUT2D eigenvalue weighted by Crippen LogP contribution is -2.31. The second-order valence-electron chi connectivity index (χ2n) is 10.4. The van der Waals surface area contributed by atoms with Crippen LogP contribution in [0, 0.1) is 5.92 Å². The Hall–Kier alpha value is -4.31. The highest BCUT2D eigenvalue weighted by atomic mass is 32.1. The zero-order valence-corrected chi connectivity index (χ0v) is 23.7. The van der Waals surface area contributed by atoms with E-state index in [0.29, 0.717) is 23.7 Å². The van der Waals surface area contributed by atoms with Gasteiger partial charge in [-0.2, -0.15) is 0 Å². The Morgan fingerprint density at radius 3 is 2.37 bits per heavy atom. The number of aromatic nitrogens is 3. The summed E-state index contributed by atoms with van der Waals surface area (Å²) in [4.78, 5) is 49.3. The van der Waals surface area contributed by atoms with Crippen LogP contribution in [0.1, 0.15) is 68.8 Å². The number of amides is 1. The van der Waals surface area contributed by atoms with Gasteiger partial charge in [-0.3, -0.25) is 9.59 Å². The smallest absolute Gasteiger partial charge is 0.357 e. The Kier molecular flexibility index (Phi) is 7.40. The van der Waals surface area contributed by atoms with E-state index in [9.17, 15) is 14.4 Å². The van der Waals surface area contributed by atoms with Gasteiger partial charge < -0.3 is 18.9 Å². The first kappa shape index (κ1) is 26.9. The number of hydrogen-bond acceptors (Lipinski definition) is 8. The van der Waals surface area contributed by atoms with E-state index in [-0.39, 0.29) is 55.1 Å². The van der Waals surface area contributed by atoms with Crippen LogP contribution in [0.3, 0.4) is 0 Å². The number of carbonyl (C=O) groups is 3. The standard InChI is InChI=1S/C31H30N4O5S/c1-3-39-31(38)26-17-41-29(33-26)27-12-19(14-35(27)30(37)25-15-34(2)18-32-25)13-28(36)40-16-24-22-10-6-4-8-20(22)21-9-5-7-11-23(21)24/h4-11,15,17-19,24,27H,3,12-14,16H2,1-2H3/t19-,27-/m0/s1. The van der Waals surface area contributed by atoms with Gasteiger partial charge in [-0.25, -0.2) is 14.8 Å². The molecule has 2 atom stereocenters. The molecular weight excluding hydrogens is 540 g/mol. The van der Waals surface area contributed by atoms with Gasteiger partial charge in [0.15, 0.2) is 5.69 Å². The fourth-order valence-corrected chi connectivity index (χ4v) is 6.76. The van der Waals surface area contributed by atoms with Crippen LogP contribution in [0.4, 0.5) is 0 Å². The summed E-state index contributed by atoms with van der Waals surface area (Å²) in [6.45, 7) is 2.61. The van der Waals surface area contributed by atoms with E-state index in [4.69, 9.17) is 9.47 Å². The number of ether oxygens (including phenoxy) is 2. The van der Waals surface area contributed by atoms with Crippen molar-refractivity contribution in [3.63, 3.8) is 0 Å². The number of fused-ring (bicyclic) bond motifs is 3. The summed E-state index contributed by atoms with van der Waals surface area (Å²) in [6.07, 6.45) is 3.95. The first-order valence-corrected chi connectivity index (χ1v) is 14.6. The molecule has 0 spiro atoms. The third kappa shape index (κ3) is 5.27. The molecule has 1 fully saturated rings. The maximum absolute atomic E-state index is 13.5. The molecule has 10 heteroatoms. The Morgan fingerprint density at radius 1 is 1.00 bits per heavy atom. The summed E-state index contributed by atoms with van der Waals surface area (Å²) in [6, 6.07) is 16.1. The van der Waals surface area contributed by atoms with E-state index in [1.54, 1.807) is 41.3 Å². The van der Waals surface area contributed by atoms with Gasteiger partial charge in [-0.05, 0) is 41.5 Å². The van der Waals surface area contributed by atoms with E-state index in [2.05, 4.69) is 34.2 Å². The average Bonchev–Trinajstić information content (AvgIpc) is 3.77. The lowest BCUT2D eigenvalue weighted by atomic mass is 9.98. The van der Waals surface area contributed by atoms with Gasteiger partial charge >= 0.3 is 11.9 Å². The number of esters is 2. The molecule has 0 radical (unpaired) electrons. The lowest BCUT2D eigenvalue weighted by Gasteiger charge is -2.22. The predicted octanol–water partition coefficient (Wildman–Crippen LogP) is 5.00. The van der Waals surface area contributed by atoms with Crippen molar-refractivity contribution in [2.75, 3.05) is 19.8 Å². The molecule has 1 aliphatic carbocycles. The second kappa shape index (κ2) is 11.3. The first-order valence-electron chi connectivity index (χ1n) is 13.7. The van der Waals surface area contributed by atoms with Gasteiger partial charge in [0.05, 0.1) is 25.4 Å². The quantitative estimate of drug-likeness (QED) is 0.275. The van der Waals surface area contributed by atoms with Crippen LogP contribution in [0.25, 0.3) is 11.1 Å². The highest BCUT2D eigenvalue weighted by molar-refractivity contribution is 7.09. The Balaban J connectivity index is 1.16. The molecule has 2 aliphatic rings. The van der Waals surface area contributed by atoms with Crippen molar-refractivity contribution in [3.8, 4) is 11.1 Å². The molecule has 2 aromatic carbocycles. The normalized spacial score (nSPS) is 17.8. The predicted molar refractivity (Wildman–Crippen MR) is 152 cm³/mol. The first-order chi connectivity index (χ1) is 19.9. The third-order valence-corrected chi connectivity index (χ3v) is 8.64. The number of aryl methyl sites for hydroxylation is 1. The summed E-state index contributed by atoms with van der Waals surface area (Å²) in [5, 5.41) is 2.28. The van der Waals surface area contributed by atoms with Crippen molar-refractivity contribution < 1.29 is 23.9 Å². The number of imidazole rings is 1. The number of nitrogens with zero attached hydrogens (tertiary/aromatic N) is 4. The molecule has 41 heavy (non-hydrogen) atoms. The molecule has 0 N–H and O–H groups in total. The molecule has 9 nitrogen and oxygen atoms in total. The van der Waals surface area contributed by atoms with E-state index in [0.717, 1.165) is 11.1 Å². The lowest BCUT2D eigenvalue weighted by molar-refractivity contribution is -0.144. The van der Waals surface area contributed by atoms with Crippen molar-refractivity contribution in [3.05, 3.63) is 94.0 Å². The highest BCUT2D eigenvalue weighted by Crippen LogP contribution is 2.45. The molecule has 0 saturated carbocycles.